The van der Waals surface area contributed by atoms with Crippen LogP contribution in [0.3, 0.4) is 0 Å². The lowest BCUT2D eigenvalue weighted by Crippen LogP contribution is -2.37. The number of aromatic nitrogens is 2. The lowest BCUT2D eigenvalue weighted by atomic mass is 10.2. The van der Waals surface area contributed by atoms with Gasteiger partial charge in [0.15, 0.2) is 11.8 Å². The van der Waals surface area contributed by atoms with Crippen LogP contribution in [0.4, 0.5) is 0 Å². The summed E-state index contributed by atoms with van der Waals surface area (Å²) < 4.78 is 5.01. The van der Waals surface area contributed by atoms with Crippen LogP contribution in [0, 0.1) is 6.92 Å². The third-order valence-electron chi connectivity index (χ3n) is 2.36. The Bertz CT molecular complexity index is 367. The van der Waals surface area contributed by atoms with Crippen LogP contribution in [0.25, 0.3) is 0 Å². The Morgan fingerprint density at radius 3 is 2.63 bits per heavy atom. The predicted molar refractivity (Wildman–Crippen MR) is 86.8 cm³/mol. The average Bonchev–Trinajstić information content (AvgIpc) is 2.77. The van der Waals surface area contributed by atoms with Gasteiger partial charge >= 0.3 is 0 Å². The Hall–Kier alpha value is -0.860. The van der Waals surface area contributed by atoms with E-state index in [0.29, 0.717) is 18.3 Å². The number of rotatable bonds is 7. The van der Waals surface area contributed by atoms with Crippen LogP contribution in [0.1, 0.15) is 44.8 Å². The number of nitrogens with one attached hydrogen (secondary N) is 2. The highest BCUT2D eigenvalue weighted by atomic mass is 127. The quantitative estimate of drug-likeness (QED) is 0.328. The van der Waals surface area contributed by atoms with Crippen molar-refractivity contribution in [1.29, 1.82) is 0 Å². The van der Waals surface area contributed by atoms with E-state index < -0.39 is 0 Å². The lowest BCUT2D eigenvalue weighted by Gasteiger charge is -2.10. The first-order chi connectivity index (χ1) is 8.76. The normalized spacial score (nSPS) is 11.0. The number of guanidine groups is 1. The molecule has 0 atom stereocenters. The van der Waals surface area contributed by atoms with Gasteiger partial charge in [0.05, 0.1) is 0 Å². The van der Waals surface area contributed by atoms with Gasteiger partial charge in [-0.3, -0.25) is 0 Å². The van der Waals surface area contributed by atoms with E-state index in [9.17, 15) is 0 Å². The summed E-state index contributed by atoms with van der Waals surface area (Å²) in [5.74, 6) is 1.98. The molecule has 0 spiro atoms. The zero-order valence-corrected chi connectivity index (χ0v) is 14.2. The van der Waals surface area contributed by atoms with Gasteiger partial charge in [-0.05, 0) is 20.3 Å². The van der Waals surface area contributed by atoms with E-state index in [-0.39, 0.29) is 24.0 Å². The molecule has 1 rings (SSSR count). The summed E-state index contributed by atoms with van der Waals surface area (Å²) in [6.07, 6.45) is 3.60. The third-order valence-corrected chi connectivity index (χ3v) is 2.36. The monoisotopic (exact) mass is 381 g/mol. The molecule has 0 aliphatic heterocycles. The largest absolute Gasteiger partial charge is 0.357 e. The van der Waals surface area contributed by atoms with Crippen molar-refractivity contribution in [3.05, 3.63) is 11.7 Å². The number of nitrogens with zero attached hydrogens (tertiary/aromatic N) is 3. The van der Waals surface area contributed by atoms with Crippen LogP contribution in [0.5, 0.6) is 0 Å². The molecule has 0 aromatic carbocycles. The number of aliphatic imine (C=N–C) groups is 1. The third kappa shape index (κ3) is 8.02. The zero-order chi connectivity index (χ0) is 13.2. The summed E-state index contributed by atoms with van der Waals surface area (Å²) in [4.78, 5) is 8.50. The zero-order valence-electron chi connectivity index (χ0n) is 11.9. The molecule has 19 heavy (non-hydrogen) atoms. The maximum atomic E-state index is 5.01. The number of unbranched alkanes of at least 4 members (excludes halogenated alkanes) is 2. The molecule has 0 amide bonds. The number of hydrogen-bond acceptors (Lipinski definition) is 4. The Morgan fingerprint density at radius 2 is 2.05 bits per heavy atom. The van der Waals surface area contributed by atoms with Crippen molar-refractivity contribution in [2.24, 2.45) is 4.99 Å². The molecular weight excluding hydrogens is 357 g/mol. The van der Waals surface area contributed by atoms with Crippen molar-refractivity contribution in [2.45, 2.75) is 46.6 Å². The van der Waals surface area contributed by atoms with Gasteiger partial charge in [-0.25, -0.2) is 4.99 Å². The summed E-state index contributed by atoms with van der Waals surface area (Å²) >= 11 is 0. The molecule has 0 bridgehead atoms. The fraction of sp³-hybridized carbons (Fsp3) is 0.750. The van der Waals surface area contributed by atoms with E-state index in [1.165, 1.54) is 12.8 Å². The fourth-order valence-corrected chi connectivity index (χ4v) is 1.47. The molecule has 0 saturated carbocycles. The molecule has 0 fully saturated rings. The van der Waals surface area contributed by atoms with Gasteiger partial charge < -0.3 is 15.2 Å². The first kappa shape index (κ1) is 18.1. The van der Waals surface area contributed by atoms with E-state index >= 15 is 0 Å². The summed E-state index contributed by atoms with van der Waals surface area (Å²) in [5.41, 5.74) is 0. The van der Waals surface area contributed by atoms with E-state index in [1.54, 1.807) is 6.92 Å². The van der Waals surface area contributed by atoms with Crippen molar-refractivity contribution >= 4 is 29.9 Å². The molecule has 0 aliphatic rings. The molecule has 7 heteroatoms. The highest BCUT2D eigenvalue weighted by molar-refractivity contribution is 14.0. The highest BCUT2D eigenvalue weighted by Gasteiger charge is 2.02. The Balaban J connectivity index is 0.00000324. The molecule has 0 aliphatic carbocycles. The maximum absolute atomic E-state index is 5.01. The topological polar surface area (TPSA) is 75.3 Å². The number of aryl methyl sites for hydroxylation is 1. The van der Waals surface area contributed by atoms with Crippen LogP contribution < -0.4 is 10.6 Å². The molecule has 1 heterocycles. The molecule has 6 nitrogen and oxygen atoms in total. The van der Waals surface area contributed by atoms with Crippen LogP contribution in [0.15, 0.2) is 9.52 Å². The van der Waals surface area contributed by atoms with Gasteiger partial charge in [0.1, 0.15) is 6.54 Å². The molecule has 1 aromatic heterocycles. The minimum atomic E-state index is 0. The van der Waals surface area contributed by atoms with Crippen molar-refractivity contribution in [1.82, 2.24) is 20.8 Å². The Kier molecular flexibility index (Phi) is 10.5. The van der Waals surface area contributed by atoms with E-state index in [1.807, 2.05) is 6.92 Å². The van der Waals surface area contributed by atoms with Crippen molar-refractivity contribution < 1.29 is 4.52 Å². The smallest absolute Gasteiger partial charge is 0.248 e. The van der Waals surface area contributed by atoms with Gasteiger partial charge in [-0.2, -0.15) is 4.98 Å². The standard InChI is InChI=1S/C12H23N5O.HI/c1-4-6-7-8-14-12(13-5-2)15-9-11-16-10(3)17-18-11;/h4-9H2,1-3H3,(H2,13,14,15);1H. The van der Waals surface area contributed by atoms with Gasteiger partial charge in [-0.1, -0.05) is 24.9 Å². The molecule has 2 N–H and O–H groups in total. The van der Waals surface area contributed by atoms with Crippen LogP contribution in [0.2, 0.25) is 0 Å². The van der Waals surface area contributed by atoms with Gasteiger partial charge in [-0.15, -0.1) is 24.0 Å². The van der Waals surface area contributed by atoms with Crippen molar-refractivity contribution in [3.8, 4) is 0 Å². The summed E-state index contributed by atoms with van der Waals surface area (Å²) in [6.45, 7) is 8.21. The highest BCUT2D eigenvalue weighted by Crippen LogP contribution is 1.97. The van der Waals surface area contributed by atoms with Gasteiger partial charge in [0.25, 0.3) is 0 Å². The van der Waals surface area contributed by atoms with Gasteiger partial charge in [0, 0.05) is 13.1 Å². The molecule has 0 saturated heterocycles. The lowest BCUT2D eigenvalue weighted by molar-refractivity contribution is 0.376. The molecule has 110 valence electrons. The first-order valence-electron chi connectivity index (χ1n) is 6.57. The second kappa shape index (κ2) is 11.0. The maximum Gasteiger partial charge on any atom is 0.248 e. The Morgan fingerprint density at radius 1 is 1.26 bits per heavy atom. The van der Waals surface area contributed by atoms with Crippen LogP contribution >= 0.6 is 24.0 Å². The molecule has 0 unspecified atom stereocenters. The summed E-state index contributed by atoms with van der Waals surface area (Å²) in [6, 6.07) is 0. The van der Waals surface area contributed by atoms with Crippen molar-refractivity contribution in [3.63, 3.8) is 0 Å². The van der Waals surface area contributed by atoms with Crippen LogP contribution in [-0.2, 0) is 6.54 Å². The Labute approximate surface area is 131 Å². The second-order valence-electron chi connectivity index (χ2n) is 4.06. The minimum Gasteiger partial charge on any atom is -0.357 e. The van der Waals surface area contributed by atoms with Crippen molar-refractivity contribution in [2.75, 3.05) is 13.1 Å². The first-order valence-corrected chi connectivity index (χ1v) is 6.57. The fourth-order valence-electron chi connectivity index (χ4n) is 1.47. The van der Waals surface area contributed by atoms with E-state index in [2.05, 4.69) is 32.7 Å². The summed E-state index contributed by atoms with van der Waals surface area (Å²) in [7, 11) is 0. The van der Waals surface area contributed by atoms with Crippen LogP contribution in [-0.4, -0.2) is 29.2 Å². The molecule has 1 aromatic rings. The molecule has 0 radical (unpaired) electrons. The predicted octanol–water partition coefficient (Wildman–Crippen LogP) is 2.24. The SMILES string of the molecule is CCCCCNC(=NCc1nc(C)no1)NCC.I. The number of hydrogen-bond donors (Lipinski definition) is 2. The van der Waals surface area contributed by atoms with E-state index in [0.717, 1.165) is 25.5 Å². The minimum absolute atomic E-state index is 0. The van der Waals surface area contributed by atoms with Gasteiger partial charge in [0.2, 0.25) is 5.89 Å². The second-order valence-corrected chi connectivity index (χ2v) is 4.06. The van der Waals surface area contributed by atoms with E-state index in [4.69, 9.17) is 4.52 Å². The number of halogens is 1. The average molecular weight is 381 g/mol. The molecular formula is C12H24IN5O. The summed E-state index contributed by atoms with van der Waals surface area (Å²) in [5, 5.41) is 10.2.